The summed E-state index contributed by atoms with van der Waals surface area (Å²) < 4.78 is 0. The highest BCUT2D eigenvalue weighted by molar-refractivity contribution is 5.95. The van der Waals surface area contributed by atoms with Crippen LogP contribution in [0, 0.1) is 0 Å². The summed E-state index contributed by atoms with van der Waals surface area (Å²) in [6.07, 6.45) is 0.159. The lowest BCUT2D eigenvalue weighted by atomic mass is 10.0. The Morgan fingerprint density at radius 2 is 1.15 bits per heavy atom. The van der Waals surface area contributed by atoms with Crippen LogP contribution in [0.4, 0.5) is 0 Å². The summed E-state index contributed by atoms with van der Waals surface area (Å²) in [7, 11) is 0. The number of phenols is 2. The smallest absolute Gasteiger partial charge is 0.322 e. The third-order valence-corrected chi connectivity index (χ3v) is 5.66. The largest absolute Gasteiger partial charge is 0.508 e. The van der Waals surface area contributed by atoms with Crippen LogP contribution < -0.4 is 27.0 Å². The van der Waals surface area contributed by atoms with Crippen LogP contribution in [0.25, 0.3) is 0 Å². The molecule has 210 valence electrons. The van der Waals surface area contributed by atoms with Crippen molar-refractivity contribution < 1.29 is 39.3 Å². The first-order valence-electron chi connectivity index (χ1n) is 12.1. The summed E-state index contributed by atoms with van der Waals surface area (Å²) in [4.78, 5) is 61.0. The minimum absolute atomic E-state index is 0.0199. The average Bonchev–Trinajstić information content (AvgIpc) is 2.88. The molecule has 0 saturated heterocycles. The second kappa shape index (κ2) is 14.3. The third-order valence-electron chi connectivity index (χ3n) is 5.66. The predicted octanol–water partition coefficient (Wildman–Crippen LogP) is -1.09. The van der Waals surface area contributed by atoms with Gasteiger partial charge in [0, 0.05) is 6.42 Å². The molecule has 2 rings (SSSR count). The highest BCUT2D eigenvalue weighted by atomic mass is 16.4. The van der Waals surface area contributed by atoms with Gasteiger partial charge in [-0.2, -0.15) is 0 Å². The van der Waals surface area contributed by atoms with Crippen molar-refractivity contribution in [3.05, 3.63) is 59.7 Å². The summed E-state index contributed by atoms with van der Waals surface area (Å²) in [6, 6.07) is 7.82. The molecule has 0 heterocycles. The van der Waals surface area contributed by atoms with Gasteiger partial charge in [0.25, 0.3) is 0 Å². The van der Waals surface area contributed by atoms with E-state index in [-0.39, 0.29) is 24.3 Å². The number of carbonyl (C=O) groups is 5. The standard InChI is InChI=1S/C26H33N5O8/c1-14(23(36)28-13-22(34)35)29-24(37)15(2)30-26(39)21(12-17-5-9-19(33)10-6-17)31-25(38)20(27)11-16-3-7-18(32)8-4-16/h3-10,14-15,20-21,32-33H,11-13,27H2,1-2H3,(H,28,36)(H,29,37)(H,30,39)(H,31,38)(H,34,35)/t14-,15-,20-,21-/m0/s1. The number of amides is 4. The summed E-state index contributed by atoms with van der Waals surface area (Å²) >= 11 is 0. The number of rotatable bonds is 13. The van der Waals surface area contributed by atoms with E-state index in [0.29, 0.717) is 11.1 Å². The number of aromatic hydroxyl groups is 2. The second-order valence-electron chi connectivity index (χ2n) is 8.98. The number of carboxylic acid groups (broad SMARTS) is 1. The molecular formula is C26H33N5O8. The number of carbonyl (C=O) groups excluding carboxylic acids is 4. The van der Waals surface area contributed by atoms with Crippen LogP contribution in [0.2, 0.25) is 0 Å². The van der Waals surface area contributed by atoms with Gasteiger partial charge in [-0.1, -0.05) is 24.3 Å². The van der Waals surface area contributed by atoms with Gasteiger partial charge in [0.2, 0.25) is 23.6 Å². The lowest BCUT2D eigenvalue weighted by Gasteiger charge is -2.23. The van der Waals surface area contributed by atoms with Gasteiger partial charge >= 0.3 is 5.97 Å². The Morgan fingerprint density at radius 3 is 1.67 bits per heavy atom. The molecule has 0 radical (unpaired) electrons. The van der Waals surface area contributed by atoms with Crippen molar-refractivity contribution in [3.8, 4) is 11.5 Å². The molecule has 2 aromatic carbocycles. The zero-order chi connectivity index (χ0) is 29.1. The Labute approximate surface area is 224 Å². The highest BCUT2D eigenvalue weighted by Gasteiger charge is 2.28. The number of benzene rings is 2. The van der Waals surface area contributed by atoms with Crippen molar-refractivity contribution in [3.63, 3.8) is 0 Å². The van der Waals surface area contributed by atoms with Crippen LogP contribution in [0.5, 0.6) is 11.5 Å². The zero-order valence-electron chi connectivity index (χ0n) is 21.5. The van der Waals surface area contributed by atoms with Crippen LogP contribution in [0.3, 0.4) is 0 Å². The Bertz CT molecular complexity index is 1170. The van der Waals surface area contributed by atoms with Crippen molar-refractivity contribution in [2.24, 2.45) is 5.73 Å². The van der Waals surface area contributed by atoms with E-state index in [1.807, 2.05) is 0 Å². The molecule has 13 nitrogen and oxygen atoms in total. The summed E-state index contributed by atoms with van der Waals surface area (Å²) in [5.41, 5.74) is 7.36. The summed E-state index contributed by atoms with van der Waals surface area (Å²) in [6.45, 7) is 2.12. The molecule has 13 heteroatoms. The van der Waals surface area contributed by atoms with Gasteiger partial charge in [0.05, 0.1) is 6.04 Å². The Morgan fingerprint density at radius 1 is 0.692 bits per heavy atom. The monoisotopic (exact) mass is 543 g/mol. The van der Waals surface area contributed by atoms with Crippen molar-refractivity contribution in [2.45, 2.75) is 50.9 Å². The maximum Gasteiger partial charge on any atom is 0.322 e. The fourth-order valence-electron chi connectivity index (χ4n) is 3.43. The fraction of sp³-hybridized carbons (Fsp3) is 0.346. The van der Waals surface area contributed by atoms with Crippen molar-refractivity contribution >= 4 is 29.6 Å². The quantitative estimate of drug-likeness (QED) is 0.153. The molecule has 0 aliphatic heterocycles. The molecule has 0 saturated carbocycles. The molecular weight excluding hydrogens is 510 g/mol. The number of hydrogen-bond acceptors (Lipinski definition) is 8. The molecule has 2 aromatic rings. The van der Waals surface area contributed by atoms with E-state index in [1.54, 1.807) is 24.3 Å². The number of hydrogen-bond donors (Lipinski definition) is 8. The van der Waals surface area contributed by atoms with E-state index in [1.165, 1.54) is 38.1 Å². The minimum atomic E-state index is -1.24. The Hall–Kier alpha value is -4.65. The highest BCUT2D eigenvalue weighted by Crippen LogP contribution is 2.13. The van der Waals surface area contributed by atoms with Gasteiger partial charge in [-0.25, -0.2) is 0 Å². The molecule has 0 bridgehead atoms. The normalized spacial score (nSPS) is 13.7. The Balaban J connectivity index is 2.06. The Kier molecular flexibility index (Phi) is 11.2. The van der Waals surface area contributed by atoms with Crippen molar-refractivity contribution in [1.29, 1.82) is 0 Å². The summed E-state index contributed by atoms with van der Waals surface area (Å²) in [5, 5.41) is 37.2. The first-order chi connectivity index (χ1) is 18.3. The van der Waals surface area contributed by atoms with Crippen LogP contribution in [0.15, 0.2) is 48.5 Å². The molecule has 4 amide bonds. The molecule has 0 aliphatic rings. The molecule has 0 fully saturated rings. The molecule has 9 N–H and O–H groups in total. The van der Waals surface area contributed by atoms with Crippen LogP contribution in [0.1, 0.15) is 25.0 Å². The van der Waals surface area contributed by atoms with Gasteiger partial charge in [-0.15, -0.1) is 0 Å². The van der Waals surface area contributed by atoms with Crippen LogP contribution in [-0.2, 0) is 36.8 Å². The number of carboxylic acids is 1. The first kappa shape index (κ1) is 30.6. The molecule has 4 atom stereocenters. The lowest BCUT2D eigenvalue weighted by molar-refractivity contribution is -0.138. The number of phenolic OH excluding ortho intramolecular Hbond substituents is 2. The van der Waals surface area contributed by atoms with E-state index in [4.69, 9.17) is 10.8 Å². The van der Waals surface area contributed by atoms with Gasteiger partial charge in [0.1, 0.15) is 36.2 Å². The molecule has 0 aliphatic carbocycles. The second-order valence-corrected chi connectivity index (χ2v) is 8.98. The SMILES string of the molecule is C[C@H](NC(=O)[C@H](C)NC(=O)[C@H](Cc1ccc(O)cc1)NC(=O)[C@@H](N)Cc1ccc(O)cc1)C(=O)NCC(=O)O. The molecule has 39 heavy (non-hydrogen) atoms. The third kappa shape index (κ3) is 10.3. The first-order valence-corrected chi connectivity index (χ1v) is 12.1. The number of aliphatic carboxylic acids is 1. The topological polar surface area (TPSA) is 220 Å². The average molecular weight is 544 g/mol. The predicted molar refractivity (Wildman–Crippen MR) is 139 cm³/mol. The van der Waals surface area contributed by atoms with E-state index in [2.05, 4.69) is 21.3 Å². The van der Waals surface area contributed by atoms with E-state index < -0.39 is 60.3 Å². The maximum absolute atomic E-state index is 13.1. The van der Waals surface area contributed by atoms with Gasteiger partial charge in [-0.3, -0.25) is 24.0 Å². The lowest BCUT2D eigenvalue weighted by Crippen LogP contribution is -2.57. The van der Waals surface area contributed by atoms with E-state index in [9.17, 15) is 34.2 Å². The molecule has 0 spiro atoms. The summed E-state index contributed by atoms with van der Waals surface area (Å²) in [5.74, 6) is -3.90. The van der Waals surface area contributed by atoms with Gasteiger partial charge in [-0.05, 0) is 55.7 Å². The minimum Gasteiger partial charge on any atom is -0.508 e. The molecule has 0 unspecified atom stereocenters. The fourth-order valence-corrected chi connectivity index (χ4v) is 3.43. The van der Waals surface area contributed by atoms with Crippen molar-refractivity contribution in [1.82, 2.24) is 21.3 Å². The van der Waals surface area contributed by atoms with E-state index >= 15 is 0 Å². The van der Waals surface area contributed by atoms with Gasteiger partial charge < -0.3 is 42.3 Å². The number of nitrogens with one attached hydrogen (secondary N) is 4. The maximum atomic E-state index is 13.1. The van der Waals surface area contributed by atoms with E-state index in [0.717, 1.165) is 0 Å². The van der Waals surface area contributed by atoms with Crippen molar-refractivity contribution in [2.75, 3.05) is 6.54 Å². The number of nitrogens with two attached hydrogens (primary N) is 1. The van der Waals surface area contributed by atoms with Crippen LogP contribution >= 0.6 is 0 Å². The van der Waals surface area contributed by atoms with Gasteiger partial charge in [0.15, 0.2) is 0 Å². The zero-order valence-corrected chi connectivity index (χ0v) is 21.5. The molecule has 0 aromatic heterocycles. The van der Waals surface area contributed by atoms with Crippen LogP contribution in [-0.4, -0.2) is 75.6 Å².